The zero-order valence-corrected chi connectivity index (χ0v) is 11.5. The van der Waals surface area contributed by atoms with Gasteiger partial charge < -0.3 is 10.1 Å². The van der Waals surface area contributed by atoms with E-state index >= 15 is 0 Å². The highest BCUT2D eigenvalue weighted by Crippen LogP contribution is 2.25. The summed E-state index contributed by atoms with van der Waals surface area (Å²) in [7, 11) is 3.02. The summed E-state index contributed by atoms with van der Waals surface area (Å²) in [6, 6.07) is 2.20. The number of likely N-dealkylation sites (N-methyl/N-ethyl adjacent to an activating group) is 1. The molecule has 21 heavy (non-hydrogen) atoms. The maximum absolute atomic E-state index is 13.8. The van der Waals surface area contributed by atoms with Gasteiger partial charge in [0.25, 0.3) is 0 Å². The van der Waals surface area contributed by atoms with Crippen LogP contribution in [-0.2, 0) is 6.42 Å². The van der Waals surface area contributed by atoms with Gasteiger partial charge in [0.05, 0.1) is 7.11 Å². The van der Waals surface area contributed by atoms with Gasteiger partial charge in [-0.05, 0) is 7.05 Å². The third-order valence-electron chi connectivity index (χ3n) is 3.06. The molecule has 0 aliphatic carbocycles. The fourth-order valence-corrected chi connectivity index (χ4v) is 2.04. The van der Waals surface area contributed by atoms with Crippen molar-refractivity contribution in [2.75, 3.05) is 14.2 Å². The minimum absolute atomic E-state index is 0.203. The smallest absolute Gasteiger partial charge is 0.216 e. The van der Waals surface area contributed by atoms with Gasteiger partial charge in [-0.15, -0.1) is 0 Å². The molecule has 0 radical (unpaired) electrons. The molecule has 1 aromatic carbocycles. The molecule has 112 valence electrons. The fraction of sp³-hybridized carbons (Fsp3) is 0.286. The second-order valence-corrected chi connectivity index (χ2v) is 4.38. The van der Waals surface area contributed by atoms with Crippen molar-refractivity contribution in [1.82, 2.24) is 15.3 Å². The van der Waals surface area contributed by atoms with E-state index in [2.05, 4.69) is 15.3 Å². The van der Waals surface area contributed by atoms with Gasteiger partial charge in [0.1, 0.15) is 23.8 Å². The van der Waals surface area contributed by atoms with Gasteiger partial charge in [0.15, 0.2) is 0 Å². The molecule has 1 aromatic heterocycles. The van der Waals surface area contributed by atoms with Crippen LogP contribution in [0.1, 0.15) is 17.3 Å². The summed E-state index contributed by atoms with van der Waals surface area (Å²) >= 11 is 0. The number of hydrogen-bond acceptors (Lipinski definition) is 4. The quantitative estimate of drug-likeness (QED) is 0.920. The first-order valence-corrected chi connectivity index (χ1v) is 6.21. The van der Waals surface area contributed by atoms with Crippen LogP contribution in [0.5, 0.6) is 5.88 Å². The van der Waals surface area contributed by atoms with Gasteiger partial charge >= 0.3 is 0 Å². The number of nitrogens with one attached hydrogen (secondary N) is 1. The van der Waals surface area contributed by atoms with Gasteiger partial charge in [-0.2, -0.15) is 0 Å². The van der Waals surface area contributed by atoms with E-state index < -0.39 is 23.5 Å². The third-order valence-corrected chi connectivity index (χ3v) is 3.06. The molecule has 1 heterocycles. The van der Waals surface area contributed by atoms with E-state index in [0.29, 0.717) is 23.7 Å². The van der Waals surface area contributed by atoms with E-state index in [-0.39, 0.29) is 12.0 Å². The van der Waals surface area contributed by atoms with E-state index in [1.807, 2.05) is 0 Å². The van der Waals surface area contributed by atoms with E-state index in [1.54, 1.807) is 13.1 Å². The lowest BCUT2D eigenvalue weighted by Crippen LogP contribution is -2.22. The molecular formula is C14H14F3N3O. The number of halogens is 3. The lowest BCUT2D eigenvalue weighted by molar-refractivity contribution is 0.395. The van der Waals surface area contributed by atoms with Crippen molar-refractivity contribution < 1.29 is 17.9 Å². The minimum atomic E-state index is -0.952. The molecule has 7 heteroatoms. The Labute approximate surface area is 120 Å². The highest BCUT2D eigenvalue weighted by molar-refractivity contribution is 5.26. The first-order chi connectivity index (χ1) is 10.0. The van der Waals surface area contributed by atoms with E-state index in [1.165, 1.54) is 13.4 Å². The molecule has 0 saturated heterocycles. The molecule has 0 spiro atoms. The summed E-state index contributed by atoms with van der Waals surface area (Å²) in [5.74, 6) is -2.47. The van der Waals surface area contributed by atoms with Crippen molar-refractivity contribution in [3.05, 3.63) is 53.2 Å². The summed E-state index contributed by atoms with van der Waals surface area (Å²) in [5, 5.41) is 2.80. The minimum Gasteiger partial charge on any atom is -0.481 e. The van der Waals surface area contributed by atoms with Crippen LogP contribution < -0.4 is 10.1 Å². The lowest BCUT2D eigenvalue weighted by atomic mass is 10.0. The summed E-state index contributed by atoms with van der Waals surface area (Å²) in [5.41, 5.74) is 0.320. The Kier molecular flexibility index (Phi) is 4.74. The van der Waals surface area contributed by atoms with E-state index in [4.69, 9.17) is 4.74 Å². The zero-order chi connectivity index (χ0) is 15.4. The van der Waals surface area contributed by atoms with Gasteiger partial charge in [0, 0.05) is 41.9 Å². The van der Waals surface area contributed by atoms with Gasteiger partial charge in [-0.3, -0.25) is 0 Å². The van der Waals surface area contributed by atoms with Crippen LogP contribution in [0.4, 0.5) is 13.2 Å². The zero-order valence-electron chi connectivity index (χ0n) is 11.5. The first kappa shape index (κ1) is 15.2. The van der Waals surface area contributed by atoms with Crippen LogP contribution in [-0.4, -0.2) is 24.1 Å². The Morgan fingerprint density at radius 1 is 1.14 bits per heavy atom. The average molecular weight is 297 g/mol. The predicted octanol–water partition coefficient (Wildman–Crippen LogP) is 2.41. The normalized spacial score (nSPS) is 12.2. The highest BCUT2D eigenvalue weighted by Gasteiger charge is 2.21. The van der Waals surface area contributed by atoms with Crippen molar-refractivity contribution in [3.63, 3.8) is 0 Å². The second-order valence-electron chi connectivity index (χ2n) is 4.38. The Hall–Kier alpha value is -2.15. The van der Waals surface area contributed by atoms with E-state index in [9.17, 15) is 13.2 Å². The number of hydrogen-bond donors (Lipinski definition) is 1. The van der Waals surface area contributed by atoms with Crippen molar-refractivity contribution in [1.29, 1.82) is 0 Å². The van der Waals surface area contributed by atoms with Crippen molar-refractivity contribution in [2.24, 2.45) is 0 Å². The van der Waals surface area contributed by atoms with Gasteiger partial charge in [0.2, 0.25) is 5.88 Å². The Bertz CT molecular complexity index is 614. The number of methoxy groups -OCH3 is 1. The fourth-order valence-electron chi connectivity index (χ4n) is 2.04. The molecule has 1 N–H and O–H groups in total. The van der Waals surface area contributed by atoms with Crippen molar-refractivity contribution in [3.8, 4) is 5.88 Å². The van der Waals surface area contributed by atoms with Crippen LogP contribution in [0.25, 0.3) is 0 Å². The van der Waals surface area contributed by atoms with Crippen LogP contribution >= 0.6 is 0 Å². The molecule has 0 fully saturated rings. The third kappa shape index (κ3) is 3.49. The predicted molar refractivity (Wildman–Crippen MR) is 70.4 cm³/mol. The molecule has 0 aliphatic rings. The highest BCUT2D eigenvalue weighted by atomic mass is 19.1. The lowest BCUT2D eigenvalue weighted by Gasteiger charge is -2.18. The molecule has 0 amide bonds. The number of ether oxygens (including phenoxy) is 1. The summed E-state index contributed by atoms with van der Waals surface area (Å²) in [6.07, 6.45) is 1.51. The Morgan fingerprint density at radius 3 is 2.38 bits per heavy atom. The molecule has 2 aromatic rings. The van der Waals surface area contributed by atoms with Crippen LogP contribution in [0.3, 0.4) is 0 Å². The largest absolute Gasteiger partial charge is 0.481 e. The van der Waals surface area contributed by atoms with Crippen LogP contribution in [0, 0.1) is 17.5 Å². The van der Waals surface area contributed by atoms with Crippen LogP contribution in [0.15, 0.2) is 24.5 Å². The van der Waals surface area contributed by atoms with Gasteiger partial charge in [-0.1, -0.05) is 0 Å². The monoisotopic (exact) mass is 297 g/mol. The molecule has 2 rings (SSSR count). The van der Waals surface area contributed by atoms with Gasteiger partial charge in [-0.25, -0.2) is 23.1 Å². The number of nitrogens with zero attached hydrogens (tertiary/aromatic N) is 2. The molecule has 0 saturated carbocycles. The molecular weight excluding hydrogens is 283 g/mol. The van der Waals surface area contributed by atoms with Crippen LogP contribution in [0.2, 0.25) is 0 Å². The number of benzene rings is 1. The Morgan fingerprint density at radius 2 is 1.81 bits per heavy atom. The molecule has 1 unspecified atom stereocenters. The average Bonchev–Trinajstić information content (AvgIpc) is 2.45. The summed E-state index contributed by atoms with van der Waals surface area (Å²) in [4.78, 5) is 7.89. The SMILES string of the molecule is CNC(Cc1cc(OC)ncn1)c1c(F)cc(F)cc1F. The van der Waals surface area contributed by atoms with Crippen molar-refractivity contribution in [2.45, 2.75) is 12.5 Å². The Balaban J connectivity index is 2.32. The molecule has 0 bridgehead atoms. The summed E-state index contributed by atoms with van der Waals surface area (Å²) in [6.45, 7) is 0. The molecule has 4 nitrogen and oxygen atoms in total. The first-order valence-electron chi connectivity index (χ1n) is 6.21. The number of aromatic nitrogens is 2. The second kappa shape index (κ2) is 6.53. The topological polar surface area (TPSA) is 47.0 Å². The molecule has 0 aliphatic heterocycles. The van der Waals surface area contributed by atoms with E-state index in [0.717, 1.165) is 0 Å². The maximum Gasteiger partial charge on any atom is 0.216 e. The number of rotatable bonds is 5. The standard InChI is InChI=1S/C14H14F3N3O/c1-18-12(5-9-6-13(21-2)20-7-19-9)14-10(16)3-8(15)4-11(14)17/h3-4,6-7,12,18H,5H2,1-2H3. The van der Waals surface area contributed by atoms with Crippen molar-refractivity contribution >= 4 is 0 Å². The molecule has 1 atom stereocenters. The summed E-state index contributed by atoms with van der Waals surface area (Å²) < 4.78 is 45.6. The maximum atomic E-state index is 13.8.